The molecule has 2 amide bonds. The van der Waals surface area contributed by atoms with Crippen LogP contribution in [0.15, 0.2) is 12.2 Å². The monoisotopic (exact) mass is 242 g/mol. The number of aliphatic carboxylic acids is 1. The molecule has 0 heterocycles. The summed E-state index contributed by atoms with van der Waals surface area (Å²) >= 11 is 0. The Morgan fingerprint density at radius 3 is 2.53 bits per heavy atom. The van der Waals surface area contributed by atoms with E-state index in [0.29, 0.717) is 0 Å². The zero-order valence-electron chi connectivity index (χ0n) is 9.81. The number of unbranched alkanes of at least 4 members (excludes halogenated alkanes) is 1. The van der Waals surface area contributed by atoms with E-state index in [1.807, 2.05) is 6.92 Å². The van der Waals surface area contributed by atoms with Gasteiger partial charge in [-0.05, 0) is 18.9 Å². The van der Waals surface area contributed by atoms with Gasteiger partial charge in [0.05, 0.1) is 0 Å². The SMILES string of the molecule is CCC/C=C/C(=O)NC(CCC(N)=O)C(=O)O. The Morgan fingerprint density at radius 1 is 1.41 bits per heavy atom. The highest BCUT2D eigenvalue weighted by Gasteiger charge is 2.19. The van der Waals surface area contributed by atoms with Crippen LogP contribution in [-0.2, 0) is 14.4 Å². The molecule has 0 aromatic heterocycles. The van der Waals surface area contributed by atoms with Gasteiger partial charge in [0.15, 0.2) is 0 Å². The molecule has 0 aliphatic rings. The van der Waals surface area contributed by atoms with E-state index in [-0.39, 0.29) is 12.8 Å². The number of allylic oxidation sites excluding steroid dienone is 1. The molecule has 1 unspecified atom stereocenters. The molecule has 96 valence electrons. The van der Waals surface area contributed by atoms with E-state index < -0.39 is 23.8 Å². The van der Waals surface area contributed by atoms with Crippen molar-refractivity contribution in [2.75, 3.05) is 0 Å². The third kappa shape index (κ3) is 8.01. The van der Waals surface area contributed by atoms with Gasteiger partial charge in [0, 0.05) is 6.42 Å². The van der Waals surface area contributed by atoms with E-state index in [9.17, 15) is 14.4 Å². The third-order valence-corrected chi connectivity index (χ3v) is 2.02. The van der Waals surface area contributed by atoms with Crippen molar-refractivity contribution in [3.63, 3.8) is 0 Å². The summed E-state index contributed by atoms with van der Waals surface area (Å²) in [6.45, 7) is 1.97. The molecule has 0 spiro atoms. The highest BCUT2D eigenvalue weighted by molar-refractivity contribution is 5.91. The molecule has 0 fully saturated rings. The van der Waals surface area contributed by atoms with Crippen LogP contribution in [-0.4, -0.2) is 28.9 Å². The standard InChI is InChI=1S/C11H18N2O4/c1-2-3-4-5-10(15)13-8(11(16)17)6-7-9(12)14/h4-5,8H,2-3,6-7H2,1H3,(H2,12,14)(H,13,15)(H,16,17)/b5-4+. The third-order valence-electron chi connectivity index (χ3n) is 2.02. The van der Waals surface area contributed by atoms with E-state index in [2.05, 4.69) is 5.32 Å². The lowest BCUT2D eigenvalue weighted by molar-refractivity contribution is -0.141. The number of carboxylic acids is 1. The minimum atomic E-state index is -1.18. The number of hydrogen-bond acceptors (Lipinski definition) is 3. The van der Waals surface area contributed by atoms with Crippen molar-refractivity contribution >= 4 is 17.8 Å². The predicted molar refractivity (Wildman–Crippen MR) is 62.0 cm³/mol. The summed E-state index contributed by atoms with van der Waals surface area (Å²) in [6.07, 6.45) is 4.56. The molecule has 0 radical (unpaired) electrons. The van der Waals surface area contributed by atoms with E-state index >= 15 is 0 Å². The van der Waals surface area contributed by atoms with E-state index in [4.69, 9.17) is 10.8 Å². The lowest BCUT2D eigenvalue weighted by Gasteiger charge is -2.11. The number of nitrogens with one attached hydrogen (secondary N) is 1. The Bertz CT molecular complexity index is 313. The molecule has 6 heteroatoms. The van der Waals surface area contributed by atoms with Crippen LogP contribution in [0.4, 0.5) is 0 Å². The number of primary amides is 1. The van der Waals surface area contributed by atoms with Gasteiger partial charge in [-0.3, -0.25) is 9.59 Å². The van der Waals surface area contributed by atoms with Gasteiger partial charge in [-0.2, -0.15) is 0 Å². The molecule has 6 nitrogen and oxygen atoms in total. The maximum atomic E-state index is 11.3. The number of hydrogen-bond donors (Lipinski definition) is 3. The highest BCUT2D eigenvalue weighted by atomic mass is 16.4. The smallest absolute Gasteiger partial charge is 0.326 e. The molecule has 0 aliphatic carbocycles. The highest BCUT2D eigenvalue weighted by Crippen LogP contribution is 1.98. The van der Waals surface area contributed by atoms with Crippen LogP contribution in [0, 0.1) is 0 Å². The average Bonchev–Trinajstić information content (AvgIpc) is 2.23. The van der Waals surface area contributed by atoms with Crippen molar-refractivity contribution in [1.29, 1.82) is 0 Å². The summed E-state index contributed by atoms with van der Waals surface area (Å²) in [6, 6.07) is -1.08. The maximum absolute atomic E-state index is 11.3. The molecule has 0 aromatic carbocycles. The minimum absolute atomic E-state index is 0.00196. The van der Waals surface area contributed by atoms with Crippen molar-refractivity contribution in [3.05, 3.63) is 12.2 Å². The van der Waals surface area contributed by atoms with Crippen LogP contribution in [0.2, 0.25) is 0 Å². The van der Waals surface area contributed by atoms with Crippen LogP contribution in [0.5, 0.6) is 0 Å². The lowest BCUT2D eigenvalue weighted by Crippen LogP contribution is -2.40. The van der Waals surface area contributed by atoms with E-state index in [1.165, 1.54) is 6.08 Å². The lowest BCUT2D eigenvalue weighted by atomic mass is 10.1. The second kappa shape index (κ2) is 8.32. The van der Waals surface area contributed by atoms with Crippen LogP contribution >= 0.6 is 0 Å². The van der Waals surface area contributed by atoms with Crippen LogP contribution < -0.4 is 11.1 Å². The second-order valence-electron chi connectivity index (χ2n) is 3.60. The zero-order chi connectivity index (χ0) is 13.3. The van der Waals surface area contributed by atoms with E-state index in [1.54, 1.807) is 6.08 Å². The normalized spacial score (nSPS) is 12.3. The summed E-state index contributed by atoms with van der Waals surface area (Å²) in [5, 5.41) is 11.1. The van der Waals surface area contributed by atoms with Gasteiger partial charge < -0.3 is 16.2 Å². The Labute approximate surface area is 99.9 Å². The van der Waals surface area contributed by atoms with Crippen molar-refractivity contribution in [3.8, 4) is 0 Å². The largest absolute Gasteiger partial charge is 0.480 e. The molecule has 0 aliphatic heterocycles. The molecule has 4 N–H and O–H groups in total. The van der Waals surface area contributed by atoms with E-state index in [0.717, 1.165) is 12.8 Å². The van der Waals surface area contributed by atoms with Crippen LogP contribution in [0.3, 0.4) is 0 Å². The van der Waals surface area contributed by atoms with Gasteiger partial charge in [0.2, 0.25) is 11.8 Å². The number of carbonyl (C=O) groups excluding carboxylic acids is 2. The van der Waals surface area contributed by atoms with Gasteiger partial charge in [-0.1, -0.05) is 19.4 Å². The second-order valence-corrected chi connectivity index (χ2v) is 3.60. The van der Waals surface area contributed by atoms with Crippen LogP contribution in [0.25, 0.3) is 0 Å². The summed E-state index contributed by atoms with van der Waals surface area (Å²) in [4.78, 5) is 32.6. The summed E-state index contributed by atoms with van der Waals surface area (Å²) in [5.74, 6) is -2.24. The number of carboxylic acid groups (broad SMARTS) is 1. The number of amides is 2. The fourth-order valence-corrected chi connectivity index (χ4v) is 1.12. The van der Waals surface area contributed by atoms with Crippen molar-refractivity contribution in [2.24, 2.45) is 5.73 Å². The Morgan fingerprint density at radius 2 is 2.06 bits per heavy atom. The Hall–Kier alpha value is -1.85. The molecule has 0 rings (SSSR count). The summed E-state index contributed by atoms with van der Waals surface area (Å²) < 4.78 is 0. The zero-order valence-corrected chi connectivity index (χ0v) is 9.81. The number of rotatable bonds is 8. The number of carbonyl (C=O) groups is 3. The van der Waals surface area contributed by atoms with Crippen molar-refractivity contribution in [2.45, 2.75) is 38.6 Å². The fourth-order valence-electron chi connectivity index (χ4n) is 1.12. The van der Waals surface area contributed by atoms with Crippen molar-refractivity contribution < 1.29 is 19.5 Å². The van der Waals surface area contributed by atoms with Crippen LogP contribution in [0.1, 0.15) is 32.6 Å². The topological polar surface area (TPSA) is 109 Å². The Kier molecular flexibility index (Phi) is 7.41. The predicted octanol–water partition coefficient (Wildman–Crippen LogP) is 0.178. The molecule has 1 atom stereocenters. The summed E-state index contributed by atoms with van der Waals surface area (Å²) in [7, 11) is 0. The maximum Gasteiger partial charge on any atom is 0.326 e. The van der Waals surface area contributed by atoms with Gasteiger partial charge in [-0.15, -0.1) is 0 Å². The first-order valence-corrected chi connectivity index (χ1v) is 5.45. The average molecular weight is 242 g/mol. The molecular formula is C11H18N2O4. The molecule has 17 heavy (non-hydrogen) atoms. The van der Waals surface area contributed by atoms with Crippen molar-refractivity contribution in [1.82, 2.24) is 5.32 Å². The first-order chi connectivity index (χ1) is 7.97. The minimum Gasteiger partial charge on any atom is -0.480 e. The number of nitrogens with two attached hydrogens (primary N) is 1. The first kappa shape index (κ1) is 15.2. The van der Waals surface area contributed by atoms with Gasteiger partial charge in [-0.25, -0.2) is 4.79 Å². The summed E-state index contributed by atoms with van der Waals surface area (Å²) in [5.41, 5.74) is 4.91. The Balaban J connectivity index is 4.20. The van der Waals surface area contributed by atoms with Gasteiger partial charge in [0.25, 0.3) is 0 Å². The van der Waals surface area contributed by atoms with Gasteiger partial charge in [0.1, 0.15) is 6.04 Å². The molecule has 0 aromatic rings. The fraction of sp³-hybridized carbons (Fsp3) is 0.545. The molecule has 0 saturated heterocycles. The van der Waals surface area contributed by atoms with Gasteiger partial charge >= 0.3 is 5.97 Å². The first-order valence-electron chi connectivity index (χ1n) is 5.45. The quantitative estimate of drug-likeness (QED) is 0.527. The molecular weight excluding hydrogens is 224 g/mol. The molecule has 0 bridgehead atoms. The molecule has 0 saturated carbocycles.